The Balaban J connectivity index is 2.29. The predicted molar refractivity (Wildman–Crippen MR) is 72.8 cm³/mol. The van der Waals surface area contributed by atoms with Crippen LogP contribution >= 0.6 is 0 Å². The number of non-ortho nitro benzene ring substituents is 1. The van der Waals surface area contributed by atoms with Crippen LogP contribution in [0.5, 0.6) is 0 Å². The minimum absolute atomic E-state index is 0.0133. The Morgan fingerprint density at radius 2 is 2.00 bits per heavy atom. The molecule has 0 bridgehead atoms. The molecule has 0 aliphatic heterocycles. The normalized spacial score (nSPS) is 10.9. The van der Waals surface area contributed by atoms with Gasteiger partial charge in [0.15, 0.2) is 0 Å². The summed E-state index contributed by atoms with van der Waals surface area (Å²) >= 11 is 0. The third kappa shape index (κ3) is 1.82. The average Bonchev–Trinajstić information content (AvgIpc) is 2.76. The van der Waals surface area contributed by atoms with Crippen molar-refractivity contribution >= 4 is 16.6 Å². The molecule has 20 heavy (non-hydrogen) atoms. The van der Waals surface area contributed by atoms with E-state index in [0.717, 1.165) is 0 Å². The number of nitro groups is 1. The highest BCUT2D eigenvalue weighted by atomic mass is 19.1. The van der Waals surface area contributed by atoms with E-state index in [-0.39, 0.29) is 11.5 Å². The molecular weight excluding hydrogens is 261 g/mol. The van der Waals surface area contributed by atoms with Crippen molar-refractivity contribution < 1.29 is 9.31 Å². The van der Waals surface area contributed by atoms with Gasteiger partial charge in [0, 0.05) is 30.1 Å². The zero-order chi connectivity index (χ0) is 14.3. The van der Waals surface area contributed by atoms with Crippen LogP contribution in [0.4, 0.5) is 10.1 Å². The van der Waals surface area contributed by atoms with Gasteiger partial charge in [0.05, 0.1) is 10.4 Å². The second kappa shape index (κ2) is 4.41. The highest BCUT2D eigenvalue weighted by Gasteiger charge is 2.16. The summed E-state index contributed by atoms with van der Waals surface area (Å²) in [6.07, 6.45) is 0. The third-order valence-corrected chi connectivity index (χ3v) is 3.17. The molecule has 3 rings (SSSR count). The maximum Gasteiger partial charge on any atom is 0.271 e. The van der Waals surface area contributed by atoms with E-state index in [1.807, 2.05) is 0 Å². The largest absolute Gasteiger partial charge is 0.271 e. The molecule has 0 spiro atoms. The minimum atomic E-state index is -0.463. The molecule has 2 aromatic carbocycles. The average molecular weight is 271 g/mol. The van der Waals surface area contributed by atoms with Crippen molar-refractivity contribution in [2.75, 3.05) is 0 Å². The van der Waals surface area contributed by atoms with Crippen LogP contribution in [0.15, 0.2) is 42.5 Å². The van der Waals surface area contributed by atoms with E-state index in [1.54, 1.807) is 31.3 Å². The first-order valence-electron chi connectivity index (χ1n) is 5.94. The maximum absolute atomic E-state index is 13.9. The monoisotopic (exact) mass is 271 g/mol. The lowest BCUT2D eigenvalue weighted by Gasteiger charge is -1.99. The number of fused-ring (bicyclic) bond motifs is 1. The maximum atomic E-state index is 13.9. The van der Waals surface area contributed by atoms with Crippen molar-refractivity contribution in [1.82, 2.24) is 9.78 Å². The van der Waals surface area contributed by atoms with Crippen molar-refractivity contribution in [2.45, 2.75) is 0 Å². The van der Waals surface area contributed by atoms with Gasteiger partial charge < -0.3 is 0 Å². The van der Waals surface area contributed by atoms with Gasteiger partial charge in [-0.25, -0.2) is 4.39 Å². The molecule has 0 fully saturated rings. The highest BCUT2D eigenvalue weighted by molar-refractivity contribution is 5.94. The molecule has 0 saturated carbocycles. The van der Waals surface area contributed by atoms with Crippen LogP contribution < -0.4 is 0 Å². The van der Waals surface area contributed by atoms with E-state index >= 15 is 0 Å². The van der Waals surface area contributed by atoms with Gasteiger partial charge in [0.25, 0.3) is 5.69 Å². The molecule has 0 amide bonds. The molecular formula is C14H10FN3O2. The molecule has 1 aromatic heterocycles. The number of hydrogen-bond donors (Lipinski definition) is 0. The number of aromatic nitrogens is 2. The first kappa shape index (κ1) is 12.3. The highest BCUT2D eigenvalue weighted by Crippen LogP contribution is 2.31. The van der Waals surface area contributed by atoms with Crippen LogP contribution in [0.3, 0.4) is 0 Å². The molecule has 5 nitrogen and oxygen atoms in total. The SMILES string of the molecule is Cn1nc(-c2ccccc2F)c2ccc([N+](=O)[O-])cc21. The summed E-state index contributed by atoms with van der Waals surface area (Å²) in [4.78, 5) is 10.3. The van der Waals surface area contributed by atoms with Gasteiger partial charge in [-0.15, -0.1) is 0 Å². The summed E-state index contributed by atoms with van der Waals surface area (Å²) in [6, 6.07) is 10.8. The lowest BCUT2D eigenvalue weighted by molar-refractivity contribution is -0.384. The number of nitrogens with zero attached hydrogens (tertiary/aromatic N) is 3. The van der Waals surface area contributed by atoms with E-state index < -0.39 is 4.92 Å². The minimum Gasteiger partial charge on any atom is -0.267 e. The van der Waals surface area contributed by atoms with Crippen molar-refractivity contribution in [2.24, 2.45) is 7.05 Å². The van der Waals surface area contributed by atoms with Gasteiger partial charge in [-0.3, -0.25) is 14.8 Å². The standard InChI is InChI=1S/C14H10FN3O2/c1-17-13-8-9(18(19)20)6-7-11(13)14(16-17)10-4-2-3-5-12(10)15/h2-8H,1H3. The fraction of sp³-hybridized carbons (Fsp3) is 0.0714. The van der Waals surface area contributed by atoms with Crippen LogP contribution in [0, 0.1) is 15.9 Å². The zero-order valence-electron chi connectivity index (χ0n) is 10.6. The summed E-state index contributed by atoms with van der Waals surface area (Å²) in [5.41, 5.74) is 1.44. The molecule has 0 saturated heterocycles. The summed E-state index contributed by atoms with van der Waals surface area (Å²) in [7, 11) is 1.68. The Hall–Kier alpha value is -2.76. The van der Waals surface area contributed by atoms with Crippen molar-refractivity contribution in [3.05, 3.63) is 58.4 Å². The van der Waals surface area contributed by atoms with E-state index in [9.17, 15) is 14.5 Å². The lowest BCUT2D eigenvalue weighted by Crippen LogP contribution is -1.92. The molecule has 0 unspecified atom stereocenters. The first-order chi connectivity index (χ1) is 9.58. The number of aryl methyl sites for hydroxylation is 1. The van der Waals surface area contributed by atoms with Gasteiger partial charge in [-0.2, -0.15) is 5.10 Å². The van der Waals surface area contributed by atoms with Crippen LogP contribution in [0.25, 0.3) is 22.2 Å². The number of nitro benzene ring substituents is 1. The molecule has 0 aliphatic rings. The van der Waals surface area contributed by atoms with Gasteiger partial charge in [0.1, 0.15) is 11.5 Å². The second-order valence-corrected chi connectivity index (χ2v) is 4.41. The predicted octanol–water partition coefficient (Wildman–Crippen LogP) is 3.29. The summed E-state index contributed by atoms with van der Waals surface area (Å²) < 4.78 is 15.4. The Bertz CT molecular complexity index is 826. The van der Waals surface area contributed by atoms with Gasteiger partial charge in [-0.1, -0.05) is 12.1 Å². The van der Waals surface area contributed by atoms with Crippen molar-refractivity contribution in [1.29, 1.82) is 0 Å². The number of rotatable bonds is 2. The summed E-state index contributed by atoms with van der Waals surface area (Å²) in [6.45, 7) is 0. The zero-order valence-corrected chi connectivity index (χ0v) is 10.6. The molecule has 6 heteroatoms. The fourth-order valence-corrected chi connectivity index (χ4v) is 2.21. The Morgan fingerprint density at radius 3 is 2.70 bits per heavy atom. The third-order valence-electron chi connectivity index (χ3n) is 3.17. The molecule has 3 aromatic rings. The Labute approximate surface area is 113 Å². The second-order valence-electron chi connectivity index (χ2n) is 4.41. The molecule has 1 heterocycles. The number of hydrogen-bond acceptors (Lipinski definition) is 3. The Morgan fingerprint density at radius 1 is 1.25 bits per heavy atom. The van der Waals surface area contributed by atoms with E-state index in [2.05, 4.69) is 5.10 Å². The lowest BCUT2D eigenvalue weighted by atomic mass is 10.1. The first-order valence-corrected chi connectivity index (χ1v) is 5.94. The van der Waals surface area contributed by atoms with Crippen molar-refractivity contribution in [3.63, 3.8) is 0 Å². The molecule has 0 N–H and O–H groups in total. The van der Waals surface area contributed by atoms with Crippen LogP contribution in [0.2, 0.25) is 0 Å². The Kier molecular flexibility index (Phi) is 2.71. The smallest absolute Gasteiger partial charge is 0.267 e. The van der Waals surface area contributed by atoms with Gasteiger partial charge >= 0.3 is 0 Å². The van der Waals surface area contributed by atoms with Crippen LogP contribution in [-0.2, 0) is 7.05 Å². The molecule has 100 valence electrons. The molecule has 0 atom stereocenters. The fourth-order valence-electron chi connectivity index (χ4n) is 2.21. The van der Waals surface area contributed by atoms with E-state index in [1.165, 1.54) is 22.9 Å². The quantitative estimate of drug-likeness (QED) is 0.530. The topological polar surface area (TPSA) is 61.0 Å². The molecule has 0 radical (unpaired) electrons. The van der Waals surface area contributed by atoms with Crippen LogP contribution in [0.1, 0.15) is 0 Å². The van der Waals surface area contributed by atoms with Crippen LogP contribution in [-0.4, -0.2) is 14.7 Å². The van der Waals surface area contributed by atoms with E-state index in [0.29, 0.717) is 22.2 Å². The number of halogens is 1. The summed E-state index contributed by atoms with van der Waals surface area (Å²) in [5, 5.41) is 15.8. The molecule has 0 aliphatic carbocycles. The van der Waals surface area contributed by atoms with Crippen molar-refractivity contribution in [3.8, 4) is 11.3 Å². The van der Waals surface area contributed by atoms with E-state index in [4.69, 9.17) is 0 Å². The van der Waals surface area contributed by atoms with Gasteiger partial charge in [-0.05, 0) is 18.2 Å². The number of benzene rings is 2. The van der Waals surface area contributed by atoms with Gasteiger partial charge in [0.2, 0.25) is 0 Å². The summed E-state index contributed by atoms with van der Waals surface area (Å²) in [5.74, 6) is -0.370.